The van der Waals surface area contributed by atoms with Crippen LogP contribution in [0.4, 0.5) is 0 Å². The number of nitrogens with one attached hydrogen (secondary N) is 1. The molecule has 20 heavy (non-hydrogen) atoms. The van der Waals surface area contributed by atoms with Crippen molar-refractivity contribution in [2.75, 3.05) is 20.6 Å². The first-order chi connectivity index (χ1) is 9.49. The monoisotopic (exact) mass is 314 g/mol. The van der Waals surface area contributed by atoms with E-state index in [1.165, 1.54) is 17.7 Å². The maximum absolute atomic E-state index is 6.01. The molecule has 0 bridgehead atoms. The van der Waals surface area contributed by atoms with Gasteiger partial charge in [0.05, 0.1) is 4.34 Å². The van der Waals surface area contributed by atoms with E-state index in [9.17, 15) is 0 Å². The Morgan fingerprint density at radius 3 is 2.70 bits per heavy atom. The van der Waals surface area contributed by atoms with Crippen LogP contribution in [0.15, 0.2) is 12.1 Å². The average molecular weight is 315 g/mol. The highest BCUT2D eigenvalue weighted by atomic mass is 35.5. The normalized spacial score (nSPS) is 30.9. The van der Waals surface area contributed by atoms with E-state index in [4.69, 9.17) is 11.6 Å². The van der Waals surface area contributed by atoms with Crippen LogP contribution in [-0.2, 0) is 6.54 Å². The van der Waals surface area contributed by atoms with Crippen LogP contribution in [0.1, 0.15) is 31.6 Å². The minimum absolute atomic E-state index is 0.656. The fourth-order valence-electron chi connectivity index (χ4n) is 3.68. The van der Waals surface area contributed by atoms with E-state index in [1.807, 2.05) is 6.07 Å². The van der Waals surface area contributed by atoms with Gasteiger partial charge in [0.1, 0.15) is 0 Å². The molecular weight excluding hydrogens is 288 g/mol. The van der Waals surface area contributed by atoms with Gasteiger partial charge in [-0.3, -0.25) is 0 Å². The molecule has 4 atom stereocenters. The van der Waals surface area contributed by atoms with Crippen molar-refractivity contribution in [3.8, 4) is 0 Å². The maximum Gasteiger partial charge on any atom is 0.0931 e. The third-order valence-corrected chi connectivity index (χ3v) is 5.84. The molecule has 1 aromatic rings. The van der Waals surface area contributed by atoms with E-state index in [2.05, 4.69) is 44.2 Å². The van der Waals surface area contributed by atoms with Crippen LogP contribution < -0.4 is 5.32 Å². The molecule has 1 fully saturated rings. The zero-order valence-corrected chi connectivity index (χ0v) is 14.6. The summed E-state index contributed by atoms with van der Waals surface area (Å²) in [6.07, 6.45) is 2.67. The Labute approximate surface area is 132 Å². The highest BCUT2D eigenvalue weighted by molar-refractivity contribution is 7.16. The molecule has 1 saturated carbocycles. The topological polar surface area (TPSA) is 15.3 Å². The van der Waals surface area contributed by atoms with Gasteiger partial charge in [-0.15, -0.1) is 11.3 Å². The van der Waals surface area contributed by atoms with Crippen LogP contribution in [0, 0.1) is 17.8 Å². The van der Waals surface area contributed by atoms with Crippen molar-refractivity contribution in [3.05, 3.63) is 21.3 Å². The number of halogens is 1. The summed E-state index contributed by atoms with van der Waals surface area (Å²) in [6, 6.07) is 4.80. The van der Waals surface area contributed by atoms with Gasteiger partial charge in [0.2, 0.25) is 0 Å². The van der Waals surface area contributed by atoms with E-state index >= 15 is 0 Å². The molecule has 2 rings (SSSR count). The van der Waals surface area contributed by atoms with Gasteiger partial charge in [-0.2, -0.15) is 0 Å². The van der Waals surface area contributed by atoms with Crippen LogP contribution in [-0.4, -0.2) is 31.6 Å². The van der Waals surface area contributed by atoms with E-state index in [0.29, 0.717) is 6.04 Å². The van der Waals surface area contributed by atoms with E-state index in [1.54, 1.807) is 11.3 Å². The molecule has 0 amide bonds. The van der Waals surface area contributed by atoms with Gasteiger partial charge in [-0.1, -0.05) is 25.4 Å². The van der Waals surface area contributed by atoms with E-state index < -0.39 is 0 Å². The first kappa shape index (κ1) is 16.3. The molecule has 1 aromatic heterocycles. The standard InChI is InChI=1S/C16H27ClN2S/c1-11-7-12(2)14(15(8-11)18-3)10-19(4)9-13-5-6-16(17)20-13/h5-6,11-12,14-15,18H,7-10H2,1-4H3. The lowest BCUT2D eigenvalue weighted by atomic mass is 9.72. The highest BCUT2D eigenvalue weighted by Gasteiger charge is 2.33. The first-order valence-electron chi connectivity index (χ1n) is 7.59. The van der Waals surface area contributed by atoms with Crippen molar-refractivity contribution >= 4 is 22.9 Å². The lowest BCUT2D eigenvalue weighted by molar-refractivity contribution is 0.113. The van der Waals surface area contributed by atoms with Crippen molar-refractivity contribution in [1.29, 1.82) is 0 Å². The first-order valence-corrected chi connectivity index (χ1v) is 8.79. The van der Waals surface area contributed by atoms with Gasteiger partial charge >= 0.3 is 0 Å². The molecule has 1 aliphatic rings. The fourth-order valence-corrected chi connectivity index (χ4v) is 4.84. The van der Waals surface area contributed by atoms with Crippen LogP contribution in [0.25, 0.3) is 0 Å². The molecule has 0 aromatic carbocycles. The average Bonchev–Trinajstić information content (AvgIpc) is 2.77. The SMILES string of the molecule is CNC1CC(C)CC(C)C1CN(C)Cc1ccc(Cl)s1. The summed E-state index contributed by atoms with van der Waals surface area (Å²) >= 11 is 7.70. The lowest BCUT2D eigenvalue weighted by Crippen LogP contribution is -2.47. The summed E-state index contributed by atoms with van der Waals surface area (Å²) in [5, 5.41) is 3.54. The van der Waals surface area contributed by atoms with Gasteiger partial charge in [0, 0.05) is 24.0 Å². The van der Waals surface area contributed by atoms with Gasteiger partial charge < -0.3 is 10.2 Å². The Balaban J connectivity index is 1.92. The largest absolute Gasteiger partial charge is 0.317 e. The van der Waals surface area contributed by atoms with Crippen LogP contribution in [0.3, 0.4) is 0 Å². The number of rotatable bonds is 5. The summed E-state index contributed by atoms with van der Waals surface area (Å²) in [7, 11) is 4.34. The zero-order chi connectivity index (χ0) is 14.7. The van der Waals surface area contributed by atoms with Crippen molar-refractivity contribution in [3.63, 3.8) is 0 Å². The van der Waals surface area contributed by atoms with Gasteiger partial charge in [0.25, 0.3) is 0 Å². The number of hydrogen-bond donors (Lipinski definition) is 1. The predicted octanol–water partition coefficient (Wildman–Crippen LogP) is 4.10. The van der Waals surface area contributed by atoms with Gasteiger partial charge in [0.15, 0.2) is 0 Å². The summed E-state index contributed by atoms with van der Waals surface area (Å²) in [4.78, 5) is 3.80. The smallest absolute Gasteiger partial charge is 0.0931 e. The van der Waals surface area contributed by atoms with Gasteiger partial charge in [-0.05, 0) is 56.8 Å². The second kappa shape index (κ2) is 7.26. The summed E-state index contributed by atoms with van der Waals surface area (Å²) in [6.45, 7) is 6.97. The Morgan fingerprint density at radius 2 is 2.10 bits per heavy atom. The van der Waals surface area contributed by atoms with E-state index in [-0.39, 0.29) is 0 Å². The maximum atomic E-state index is 6.01. The molecule has 0 saturated heterocycles. The lowest BCUT2D eigenvalue weighted by Gasteiger charge is -2.41. The third-order valence-electron chi connectivity index (χ3n) is 4.63. The molecule has 4 heteroatoms. The Bertz CT molecular complexity index is 420. The molecule has 1 heterocycles. The highest BCUT2D eigenvalue weighted by Crippen LogP contribution is 2.34. The number of hydrogen-bond acceptors (Lipinski definition) is 3. The van der Waals surface area contributed by atoms with E-state index in [0.717, 1.165) is 35.2 Å². The second-order valence-electron chi connectivity index (χ2n) is 6.52. The molecule has 0 spiro atoms. The Kier molecular flexibility index (Phi) is 5.91. The predicted molar refractivity (Wildman–Crippen MR) is 89.6 cm³/mol. The molecular formula is C16H27ClN2S. The van der Waals surface area contributed by atoms with Crippen molar-refractivity contribution in [2.24, 2.45) is 17.8 Å². The Morgan fingerprint density at radius 1 is 1.35 bits per heavy atom. The quantitative estimate of drug-likeness (QED) is 0.880. The molecule has 1 N–H and O–H groups in total. The molecule has 0 radical (unpaired) electrons. The third kappa shape index (κ3) is 4.20. The van der Waals surface area contributed by atoms with Gasteiger partial charge in [-0.25, -0.2) is 0 Å². The van der Waals surface area contributed by atoms with Crippen molar-refractivity contribution in [2.45, 2.75) is 39.3 Å². The zero-order valence-electron chi connectivity index (χ0n) is 13.0. The summed E-state index contributed by atoms with van der Waals surface area (Å²) in [5.41, 5.74) is 0. The Hall–Kier alpha value is -0.0900. The molecule has 2 nitrogen and oxygen atoms in total. The summed E-state index contributed by atoms with van der Waals surface area (Å²) < 4.78 is 0.890. The summed E-state index contributed by atoms with van der Waals surface area (Å²) in [5.74, 6) is 2.39. The van der Waals surface area contributed by atoms with Crippen LogP contribution in [0.2, 0.25) is 4.34 Å². The van der Waals surface area contributed by atoms with Crippen LogP contribution in [0.5, 0.6) is 0 Å². The van der Waals surface area contributed by atoms with Crippen molar-refractivity contribution in [1.82, 2.24) is 10.2 Å². The fraction of sp³-hybridized carbons (Fsp3) is 0.750. The van der Waals surface area contributed by atoms with Crippen LogP contribution >= 0.6 is 22.9 Å². The molecule has 1 aliphatic carbocycles. The number of thiophene rings is 1. The molecule has 4 unspecified atom stereocenters. The van der Waals surface area contributed by atoms with Crippen molar-refractivity contribution < 1.29 is 0 Å². The second-order valence-corrected chi connectivity index (χ2v) is 8.32. The number of nitrogens with zero attached hydrogens (tertiary/aromatic N) is 1. The minimum atomic E-state index is 0.656. The molecule has 0 aliphatic heterocycles. The minimum Gasteiger partial charge on any atom is -0.317 e. The molecule has 114 valence electrons.